The van der Waals surface area contributed by atoms with Crippen molar-refractivity contribution < 1.29 is 32.6 Å². The predicted molar refractivity (Wildman–Crippen MR) is 191 cm³/mol. The molecule has 50 heavy (non-hydrogen) atoms. The minimum absolute atomic E-state index is 0.00572. The molecule has 0 saturated carbocycles. The zero-order valence-electron chi connectivity index (χ0n) is 28.7. The quantitative estimate of drug-likeness (QED) is 0.234. The summed E-state index contributed by atoms with van der Waals surface area (Å²) < 4.78 is 49.9. The molecular formula is C37H42F2N4O5S2. The summed E-state index contributed by atoms with van der Waals surface area (Å²) in [4.78, 5) is 33.7. The molecular weight excluding hydrogens is 683 g/mol. The van der Waals surface area contributed by atoms with Gasteiger partial charge in [-0.15, -0.1) is 0 Å². The fourth-order valence-corrected chi connectivity index (χ4v) is 10.6. The summed E-state index contributed by atoms with van der Waals surface area (Å²) in [5, 5.41) is 0. The summed E-state index contributed by atoms with van der Waals surface area (Å²) in [6.07, 6.45) is 0.437. The Bertz CT molecular complexity index is 1830. The van der Waals surface area contributed by atoms with Gasteiger partial charge in [0.2, 0.25) is 0 Å². The summed E-state index contributed by atoms with van der Waals surface area (Å²) in [5.74, 6) is -0.611. The molecule has 13 heteroatoms. The van der Waals surface area contributed by atoms with Crippen molar-refractivity contribution in [2.45, 2.75) is 43.4 Å². The normalized spacial score (nSPS) is 23.6. The number of piperazine rings is 1. The van der Waals surface area contributed by atoms with Crippen molar-refractivity contribution >= 4 is 33.7 Å². The number of nitrogens with two attached hydrogens (primary N) is 1. The smallest absolute Gasteiger partial charge is 0.415 e. The molecule has 3 aromatic rings. The third kappa shape index (κ3) is 5.84. The fourth-order valence-electron chi connectivity index (χ4n) is 7.91. The Kier molecular flexibility index (Phi) is 9.57. The molecule has 2 N–H and O–H groups in total. The van der Waals surface area contributed by atoms with Crippen LogP contribution in [-0.4, -0.2) is 104 Å². The average Bonchev–Trinajstić information content (AvgIpc) is 3.40. The molecule has 4 aliphatic rings. The molecule has 0 radical (unpaired) electrons. The van der Waals surface area contributed by atoms with E-state index in [9.17, 15) is 9.59 Å². The molecule has 3 atom stereocenters. The van der Waals surface area contributed by atoms with Crippen LogP contribution in [0.25, 0.3) is 0 Å². The van der Waals surface area contributed by atoms with Gasteiger partial charge in [-0.3, -0.25) is 4.90 Å². The number of carbonyl (C=O) groups is 2. The molecule has 2 unspecified atom stereocenters. The molecule has 7 rings (SSSR count). The Labute approximate surface area is 299 Å². The van der Waals surface area contributed by atoms with E-state index in [0.29, 0.717) is 46.5 Å². The number of benzene rings is 3. The number of nitrogens with zero attached hydrogens (tertiary/aromatic N) is 3. The number of esters is 1. The van der Waals surface area contributed by atoms with Crippen molar-refractivity contribution in [1.29, 1.82) is 0 Å². The van der Waals surface area contributed by atoms with Gasteiger partial charge in [0, 0.05) is 59.3 Å². The molecule has 266 valence electrons. The summed E-state index contributed by atoms with van der Waals surface area (Å²) in [6, 6.07) is 12.7. The standard InChI is InChI=1S/C37H42F2N4O5S2/c1-36(2)24-18-32(46-15-10-40)28(38)16-26(24)37(23-9-6-5-8-22(23)34(44)48-37)27-17-29(39)33(19-25(27)36)47-35(45)43-14-13-42(12-7-11-41(3)4)30-20-49-50-21-31(30)43/h5-6,8-9,16-19,30-31H,7,10-15,20-21,40H2,1-4H3/t30-,31?,37?/m1/s1. The van der Waals surface area contributed by atoms with Crippen molar-refractivity contribution in [1.82, 2.24) is 14.7 Å². The first-order chi connectivity index (χ1) is 24.0. The van der Waals surface area contributed by atoms with E-state index in [-0.39, 0.29) is 36.7 Å². The average molecular weight is 725 g/mol. The zero-order chi connectivity index (χ0) is 35.4. The highest BCUT2D eigenvalue weighted by Gasteiger charge is 2.56. The van der Waals surface area contributed by atoms with Crippen LogP contribution < -0.4 is 15.2 Å². The van der Waals surface area contributed by atoms with E-state index in [1.165, 1.54) is 18.2 Å². The number of halogens is 2. The van der Waals surface area contributed by atoms with Crippen molar-refractivity contribution in [3.05, 3.63) is 93.5 Å². The van der Waals surface area contributed by atoms with Gasteiger partial charge in [-0.2, -0.15) is 0 Å². The Hall–Kier alpha value is -3.36. The van der Waals surface area contributed by atoms with Crippen LogP contribution in [0.4, 0.5) is 13.6 Å². The van der Waals surface area contributed by atoms with Gasteiger partial charge >= 0.3 is 12.1 Å². The molecule has 3 aliphatic heterocycles. The molecule has 3 aromatic carbocycles. The highest BCUT2D eigenvalue weighted by Crippen LogP contribution is 2.58. The van der Waals surface area contributed by atoms with Crippen LogP contribution in [0.3, 0.4) is 0 Å². The lowest BCUT2D eigenvalue weighted by molar-refractivity contribution is 0.0229. The van der Waals surface area contributed by atoms with Crippen LogP contribution in [0.2, 0.25) is 0 Å². The van der Waals surface area contributed by atoms with E-state index in [2.05, 4.69) is 23.9 Å². The van der Waals surface area contributed by atoms with Crippen LogP contribution >= 0.6 is 21.6 Å². The molecule has 2 saturated heterocycles. The topological polar surface area (TPSA) is 97.6 Å². The molecule has 1 amide bonds. The minimum atomic E-state index is -1.64. The van der Waals surface area contributed by atoms with Gasteiger partial charge < -0.3 is 29.7 Å². The van der Waals surface area contributed by atoms with E-state index in [0.717, 1.165) is 31.0 Å². The van der Waals surface area contributed by atoms with Crippen molar-refractivity contribution in [3.63, 3.8) is 0 Å². The van der Waals surface area contributed by atoms with Crippen molar-refractivity contribution in [3.8, 4) is 11.5 Å². The minimum Gasteiger partial charge on any atom is -0.489 e. The van der Waals surface area contributed by atoms with Crippen LogP contribution in [0.5, 0.6) is 11.5 Å². The first kappa shape index (κ1) is 35.1. The van der Waals surface area contributed by atoms with Gasteiger partial charge in [0.25, 0.3) is 0 Å². The second kappa shape index (κ2) is 13.6. The van der Waals surface area contributed by atoms with E-state index in [1.807, 2.05) is 24.6 Å². The lowest BCUT2D eigenvalue weighted by atomic mass is 9.61. The van der Waals surface area contributed by atoms with Crippen LogP contribution in [0.1, 0.15) is 58.4 Å². The van der Waals surface area contributed by atoms with E-state index in [1.54, 1.807) is 46.0 Å². The fraction of sp³-hybridized carbons (Fsp3) is 0.459. The largest absolute Gasteiger partial charge is 0.489 e. The predicted octanol–water partition coefficient (Wildman–Crippen LogP) is 5.60. The first-order valence-corrected chi connectivity index (χ1v) is 19.4. The van der Waals surface area contributed by atoms with Gasteiger partial charge in [0.1, 0.15) is 6.61 Å². The SMILES string of the molecule is CN(C)CCCN1CCN(C(=O)Oc2cc3c(cc2F)C2(OC(=O)c4ccccc42)c2cc(F)c(OCCN)cc2C3(C)C)C2CSSC[C@H]21. The second-order valence-electron chi connectivity index (χ2n) is 14.0. The Morgan fingerprint density at radius 2 is 1.62 bits per heavy atom. The highest BCUT2D eigenvalue weighted by molar-refractivity contribution is 8.76. The Morgan fingerprint density at radius 1 is 0.960 bits per heavy atom. The molecule has 9 nitrogen and oxygen atoms in total. The maximum Gasteiger partial charge on any atom is 0.415 e. The van der Waals surface area contributed by atoms with Gasteiger partial charge in [0.15, 0.2) is 28.7 Å². The summed E-state index contributed by atoms with van der Waals surface area (Å²) in [6.45, 7) is 7.26. The number of rotatable bonds is 8. The monoisotopic (exact) mass is 724 g/mol. The van der Waals surface area contributed by atoms with Crippen LogP contribution in [0, 0.1) is 11.6 Å². The molecule has 3 heterocycles. The summed E-state index contributed by atoms with van der Waals surface area (Å²) >= 11 is 0. The van der Waals surface area contributed by atoms with Crippen molar-refractivity contribution in [2.75, 3.05) is 64.9 Å². The second-order valence-corrected chi connectivity index (χ2v) is 16.5. The number of amides is 1. The third-order valence-electron chi connectivity index (χ3n) is 10.4. The first-order valence-electron chi connectivity index (χ1n) is 16.9. The zero-order valence-corrected chi connectivity index (χ0v) is 30.3. The maximum absolute atomic E-state index is 16.4. The van der Waals surface area contributed by atoms with E-state index >= 15 is 8.78 Å². The third-order valence-corrected chi connectivity index (χ3v) is 12.8. The van der Waals surface area contributed by atoms with E-state index < -0.39 is 34.7 Å². The maximum atomic E-state index is 16.4. The Morgan fingerprint density at radius 3 is 2.32 bits per heavy atom. The van der Waals surface area contributed by atoms with Gasteiger partial charge in [0.05, 0.1) is 11.6 Å². The lowest BCUT2D eigenvalue weighted by Gasteiger charge is -2.48. The molecule has 1 spiro atoms. The number of carbonyl (C=O) groups excluding carboxylic acids is 2. The van der Waals surface area contributed by atoms with Crippen LogP contribution in [-0.2, 0) is 15.8 Å². The molecule has 1 aliphatic carbocycles. The number of hydrogen-bond acceptors (Lipinski definition) is 10. The van der Waals surface area contributed by atoms with Gasteiger partial charge in [-0.1, -0.05) is 53.6 Å². The van der Waals surface area contributed by atoms with Gasteiger partial charge in [-0.05, 0) is 75.1 Å². The Balaban J connectivity index is 1.27. The highest BCUT2D eigenvalue weighted by atomic mass is 33.1. The molecule has 2 fully saturated rings. The number of ether oxygens (including phenoxy) is 3. The lowest BCUT2D eigenvalue weighted by Crippen LogP contribution is -2.64. The van der Waals surface area contributed by atoms with Crippen molar-refractivity contribution in [2.24, 2.45) is 5.73 Å². The summed E-state index contributed by atoms with van der Waals surface area (Å²) in [7, 11) is 7.69. The molecule has 0 bridgehead atoms. The summed E-state index contributed by atoms with van der Waals surface area (Å²) in [5.41, 5.74) is 5.81. The van der Waals surface area contributed by atoms with Crippen LogP contribution in [0.15, 0.2) is 48.5 Å². The molecule has 0 aromatic heterocycles. The number of hydrogen-bond donors (Lipinski definition) is 1. The van der Waals surface area contributed by atoms with Gasteiger partial charge in [-0.25, -0.2) is 18.4 Å². The number of fused-ring (bicyclic) bond motifs is 7. The van der Waals surface area contributed by atoms with E-state index in [4.69, 9.17) is 19.9 Å².